The fourth-order valence-corrected chi connectivity index (χ4v) is 2.69. The maximum atomic E-state index is 5.82. The van der Waals surface area contributed by atoms with Crippen LogP contribution in [0.2, 0.25) is 0 Å². The minimum atomic E-state index is 0.590. The summed E-state index contributed by atoms with van der Waals surface area (Å²) in [5.41, 5.74) is 6.08. The first-order chi connectivity index (χ1) is 13.7. The summed E-state index contributed by atoms with van der Waals surface area (Å²) in [5, 5.41) is 4.46. The monoisotopic (exact) mass is 376 g/mol. The molecule has 3 aromatic rings. The Morgan fingerprint density at radius 2 is 1.50 bits per heavy atom. The molecule has 5 nitrogen and oxygen atoms in total. The number of para-hydroxylation sites is 1. The highest BCUT2D eigenvalue weighted by Gasteiger charge is 2.04. The van der Waals surface area contributed by atoms with E-state index < -0.39 is 0 Å². The van der Waals surface area contributed by atoms with Crippen LogP contribution < -0.4 is 19.6 Å². The number of ether oxygens (including phenoxy) is 3. The fourth-order valence-electron chi connectivity index (χ4n) is 2.69. The molecule has 0 atom stereocenters. The lowest BCUT2D eigenvalue weighted by Crippen LogP contribution is -2.09. The molecule has 28 heavy (non-hydrogen) atoms. The summed E-state index contributed by atoms with van der Waals surface area (Å²) >= 11 is 0. The second kappa shape index (κ2) is 9.46. The van der Waals surface area contributed by atoms with E-state index in [-0.39, 0.29) is 0 Å². The van der Waals surface area contributed by atoms with Crippen molar-refractivity contribution in [3.05, 3.63) is 83.9 Å². The van der Waals surface area contributed by atoms with Gasteiger partial charge in [-0.25, -0.2) is 0 Å². The van der Waals surface area contributed by atoms with Crippen LogP contribution in [0.25, 0.3) is 0 Å². The molecule has 0 aliphatic heterocycles. The van der Waals surface area contributed by atoms with E-state index in [0.717, 1.165) is 28.3 Å². The Kier molecular flexibility index (Phi) is 6.52. The van der Waals surface area contributed by atoms with E-state index in [1.165, 1.54) is 0 Å². The zero-order valence-corrected chi connectivity index (χ0v) is 16.3. The SMILES string of the molecule is COc1ccc(CN/N=C(\C)c2ccc(Oc3ccccc3)cc2)cc1OC. The first-order valence-electron chi connectivity index (χ1n) is 9.01. The molecule has 144 valence electrons. The number of hydrogen-bond donors (Lipinski definition) is 1. The van der Waals surface area contributed by atoms with Crippen LogP contribution >= 0.6 is 0 Å². The molecule has 1 N–H and O–H groups in total. The molecule has 3 aromatic carbocycles. The van der Waals surface area contributed by atoms with Gasteiger partial charge in [-0.2, -0.15) is 5.10 Å². The normalized spacial score (nSPS) is 11.0. The summed E-state index contributed by atoms with van der Waals surface area (Å²) in [7, 11) is 3.25. The number of hydrogen-bond acceptors (Lipinski definition) is 5. The molecule has 0 saturated heterocycles. The van der Waals surface area contributed by atoms with Crippen LogP contribution in [0, 0.1) is 0 Å². The summed E-state index contributed by atoms with van der Waals surface area (Å²) in [6.07, 6.45) is 0. The predicted molar refractivity (Wildman–Crippen MR) is 112 cm³/mol. The summed E-state index contributed by atoms with van der Waals surface area (Å²) in [4.78, 5) is 0. The van der Waals surface area contributed by atoms with Crippen LogP contribution in [0.15, 0.2) is 77.9 Å². The molecule has 3 rings (SSSR count). The van der Waals surface area contributed by atoms with Crippen molar-refractivity contribution in [3.63, 3.8) is 0 Å². The molecule has 0 amide bonds. The smallest absolute Gasteiger partial charge is 0.161 e. The molecule has 0 unspecified atom stereocenters. The molecule has 0 aromatic heterocycles. The van der Waals surface area contributed by atoms with Gasteiger partial charge in [0, 0.05) is 0 Å². The highest BCUT2D eigenvalue weighted by Crippen LogP contribution is 2.27. The third kappa shape index (κ3) is 5.04. The quantitative estimate of drug-likeness (QED) is 0.443. The summed E-state index contributed by atoms with van der Waals surface area (Å²) in [6.45, 7) is 2.56. The van der Waals surface area contributed by atoms with E-state index in [0.29, 0.717) is 18.0 Å². The van der Waals surface area contributed by atoms with E-state index in [9.17, 15) is 0 Å². The summed E-state index contributed by atoms with van der Waals surface area (Å²) in [6, 6.07) is 23.4. The number of rotatable bonds is 8. The zero-order chi connectivity index (χ0) is 19.8. The number of nitrogens with zero attached hydrogens (tertiary/aromatic N) is 1. The largest absolute Gasteiger partial charge is 0.493 e. The highest BCUT2D eigenvalue weighted by molar-refractivity contribution is 5.98. The van der Waals surface area contributed by atoms with E-state index >= 15 is 0 Å². The highest BCUT2D eigenvalue weighted by atomic mass is 16.5. The van der Waals surface area contributed by atoms with Gasteiger partial charge in [0.15, 0.2) is 11.5 Å². The van der Waals surface area contributed by atoms with Crippen LogP contribution in [0.1, 0.15) is 18.1 Å². The Balaban J connectivity index is 1.59. The molecular weight excluding hydrogens is 352 g/mol. The van der Waals surface area contributed by atoms with Gasteiger partial charge in [-0.1, -0.05) is 24.3 Å². The van der Waals surface area contributed by atoms with Crippen molar-refractivity contribution in [1.82, 2.24) is 5.43 Å². The van der Waals surface area contributed by atoms with Crippen molar-refractivity contribution >= 4 is 5.71 Å². The minimum absolute atomic E-state index is 0.590. The van der Waals surface area contributed by atoms with Crippen molar-refractivity contribution in [2.24, 2.45) is 5.10 Å². The van der Waals surface area contributed by atoms with Gasteiger partial charge in [0.2, 0.25) is 0 Å². The number of nitrogens with one attached hydrogen (secondary N) is 1. The van der Waals surface area contributed by atoms with Gasteiger partial charge in [-0.15, -0.1) is 0 Å². The van der Waals surface area contributed by atoms with Crippen molar-refractivity contribution < 1.29 is 14.2 Å². The number of methoxy groups -OCH3 is 2. The maximum Gasteiger partial charge on any atom is 0.161 e. The molecular formula is C23H24N2O3. The molecule has 0 spiro atoms. The van der Waals surface area contributed by atoms with E-state index in [1.54, 1.807) is 14.2 Å². The lowest BCUT2D eigenvalue weighted by Gasteiger charge is -2.10. The van der Waals surface area contributed by atoms with Crippen molar-refractivity contribution in [2.75, 3.05) is 14.2 Å². The second-order valence-electron chi connectivity index (χ2n) is 6.16. The van der Waals surface area contributed by atoms with Gasteiger partial charge in [0.25, 0.3) is 0 Å². The molecule has 5 heteroatoms. The van der Waals surface area contributed by atoms with Crippen LogP contribution in [0.4, 0.5) is 0 Å². The Bertz CT molecular complexity index is 922. The van der Waals surface area contributed by atoms with Gasteiger partial charge < -0.3 is 19.6 Å². The molecule has 0 saturated carbocycles. The van der Waals surface area contributed by atoms with Crippen LogP contribution in [-0.2, 0) is 6.54 Å². The van der Waals surface area contributed by atoms with E-state index in [4.69, 9.17) is 14.2 Å². The Morgan fingerprint density at radius 1 is 0.821 bits per heavy atom. The van der Waals surface area contributed by atoms with Gasteiger partial charge >= 0.3 is 0 Å². The molecule has 0 aliphatic carbocycles. The first-order valence-corrected chi connectivity index (χ1v) is 9.01. The average molecular weight is 376 g/mol. The number of benzene rings is 3. The lowest BCUT2D eigenvalue weighted by molar-refractivity contribution is 0.354. The van der Waals surface area contributed by atoms with Crippen LogP contribution in [0.3, 0.4) is 0 Å². The summed E-state index contributed by atoms with van der Waals surface area (Å²) in [5.74, 6) is 3.03. The van der Waals surface area contributed by atoms with Gasteiger partial charge in [0.05, 0.1) is 26.5 Å². The van der Waals surface area contributed by atoms with E-state index in [1.807, 2.05) is 79.7 Å². The fraction of sp³-hybridized carbons (Fsp3) is 0.174. The average Bonchev–Trinajstić information content (AvgIpc) is 2.74. The molecule has 0 heterocycles. The first kappa shape index (κ1) is 19.3. The topological polar surface area (TPSA) is 52.1 Å². The van der Waals surface area contributed by atoms with Crippen LogP contribution in [-0.4, -0.2) is 19.9 Å². The number of hydrazone groups is 1. The van der Waals surface area contributed by atoms with Gasteiger partial charge in [-0.05, 0) is 66.6 Å². The molecule has 0 radical (unpaired) electrons. The van der Waals surface area contributed by atoms with Crippen molar-refractivity contribution in [2.45, 2.75) is 13.5 Å². The molecule has 0 fully saturated rings. The third-order valence-electron chi connectivity index (χ3n) is 4.23. The van der Waals surface area contributed by atoms with Gasteiger partial charge in [-0.3, -0.25) is 0 Å². The molecule has 0 bridgehead atoms. The molecule has 0 aliphatic rings. The van der Waals surface area contributed by atoms with Crippen molar-refractivity contribution in [1.29, 1.82) is 0 Å². The Hall–Kier alpha value is -3.47. The zero-order valence-electron chi connectivity index (χ0n) is 16.3. The lowest BCUT2D eigenvalue weighted by atomic mass is 10.1. The van der Waals surface area contributed by atoms with E-state index in [2.05, 4.69) is 10.5 Å². The maximum absolute atomic E-state index is 5.82. The summed E-state index contributed by atoms with van der Waals surface area (Å²) < 4.78 is 16.4. The minimum Gasteiger partial charge on any atom is -0.493 e. The van der Waals surface area contributed by atoms with Crippen LogP contribution in [0.5, 0.6) is 23.0 Å². The second-order valence-corrected chi connectivity index (χ2v) is 6.16. The Labute approximate surface area is 165 Å². The predicted octanol–water partition coefficient (Wildman–Crippen LogP) is 5.01. The van der Waals surface area contributed by atoms with Gasteiger partial charge in [0.1, 0.15) is 11.5 Å². The Morgan fingerprint density at radius 3 is 2.18 bits per heavy atom. The third-order valence-corrected chi connectivity index (χ3v) is 4.23. The van der Waals surface area contributed by atoms with Crippen molar-refractivity contribution in [3.8, 4) is 23.0 Å². The standard InChI is InChI=1S/C23H24N2O3/c1-17(25-24-16-18-9-14-22(26-2)23(15-18)27-3)19-10-12-21(13-11-19)28-20-7-5-4-6-8-20/h4-15,24H,16H2,1-3H3/b25-17+.